The number of hydrogen-bond acceptors (Lipinski definition) is 4. The van der Waals surface area contributed by atoms with E-state index in [4.69, 9.17) is 14.2 Å². The molecule has 0 spiro atoms. The summed E-state index contributed by atoms with van der Waals surface area (Å²) < 4.78 is 16.4. The van der Waals surface area contributed by atoms with Gasteiger partial charge in [0.05, 0.1) is 20.3 Å². The van der Waals surface area contributed by atoms with Gasteiger partial charge in [0.2, 0.25) is 0 Å². The first-order chi connectivity index (χ1) is 12.3. The molecule has 0 saturated heterocycles. The molecule has 26 heavy (non-hydrogen) atoms. The predicted octanol–water partition coefficient (Wildman–Crippen LogP) is 3.89. The molecule has 0 aromatic heterocycles. The van der Waals surface area contributed by atoms with Crippen molar-refractivity contribution < 1.29 is 19.0 Å². The van der Waals surface area contributed by atoms with Gasteiger partial charge in [0.25, 0.3) is 5.91 Å². The fraction of sp³-hybridized carbons (Fsp3) is 0.381. The number of methoxy groups -OCH3 is 2. The number of carbonyl (C=O) groups excluding carboxylic acids is 1. The minimum atomic E-state index is -0.239. The van der Waals surface area contributed by atoms with Crippen LogP contribution in [0.15, 0.2) is 30.3 Å². The summed E-state index contributed by atoms with van der Waals surface area (Å²) in [6.45, 7) is 7.90. The highest BCUT2D eigenvalue weighted by Gasteiger charge is 2.16. The van der Waals surface area contributed by atoms with Gasteiger partial charge in [-0.15, -0.1) is 0 Å². The summed E-state index contributed by atoms with van der Waals surface area (Å²) in [6.07, 6.45) is 0. The summed E-state index contributed by atoms with van der Waals surface area (Å²) in [5.41, 5.74) is 4.15. The summed E-state index contributed by atoms with van der Waals surface area (Å²) in [4.78, 5) is 12.3. The fourth-order valence-corrected chi connectivity index (χ4v) is 2.83. The number of aryl methyl sites for hydroxylation is 2. The van der Waals surface area contributed by atoms with Crippen molar-refractivity contribution in [2.75, 3.05) is 20.8 Å². The first-order valence-corrected chi connectivity index (χ1v) is 8.57. The number of amides is 1. The van der Waals surface area contributed by atoms with Crippen LogP contribution >= 0.6 is 0 Å². The van der Waals surface area contributed by atoms with Gasteiger partial charge in [0.1, 0.15) is 17.2 Å². The molecule has 0 radical (unpaired) electrons. The van der Waals surface area contributed by atoms with Crippen LogP contribution in [0.2, 0.25) is 0 Å². The molecule has 0 aliphatic carbocycles. The van der Waals surface area contributed by atoms with E-state index < -0.39 is 0 Å². The van der Waals surface area contributed by atoms with Gasteiger partial charge in [-0.1, -0.05) is 6.07 Å². The lowest BCUT2D eigenvalue weighted by molar-refractivity contribution is -0.123. The van der Waals surface area contributed by atoms with Crippen molar-refractivity contribution in [2.45, 2.75) is 33.7 Å². The lowest BCUT2D eigenvalue weighted by atomic mass is 10.1. The zero-order chi connectivity index (χ0) is 19.3. The molecule has 140 valence electrons. The molecule has 2 aromatic carbocycles. The van der Waals surface area contributed by atoms with E-state index in [-0.39, 0.29) is 18.6 Å². The SMILES string of the molecule is COc1ccc(OC)c([C@@H](C)NC(=O)COc2cc(C)cc(C)c2C)c1. The minimum Gasteiger partial charge on any atom is -0.497 e. The maximum atomic E-state index is 12.3. The molecule has 1 amide bonds. The van der Waals surface area contributed by atoms with Crippen LogP contribution in [0.1, 0.15) is 35.2 Å². The normalized spacial score (nSPS) is 11.6. The van der Waals surface area contributed by atoms with Crippen molar-refractivity contribution in [1.29, 1.82) is 0 Å². The molecule has 1 atom stereocenters. The second-order valence-electron chi connectivity index (χ2n) is 6.39. The van der Waals surface area contributed by atoms with Crippen LogP contribution in [-0.4, -0.2) is 26.7 Å². The van der Waals surface area contributed by atoms with Gasteiger partial charge in [0, 0.05) is 5.56 Å². The van der Waals surface area contributed by atoms with Gasteiger partial charge in [-0.3, -0.25) is 4.79 Å². The molecular weight excluding hydrogens is 330 g/mol. The van der Waals surface area contributed by atoms with Crippen molar-refractivity contribution in [1.82, 2.24) is 5.32 Å². The van der Waals surface area contributed by atoms with E-state index in [1.807, 2.05) is 52.0 Å². The molecule has 0 aliphatic rings. The molecule has 0 bridgehead atoms. The van der Waals surface area contributed by atoms with Gasteiger partial charge in [-0.25, -0.2) is 0 Å². The fourth-order valence-electron chi connectivity index (χ4n) is 2.83. The zero-order valence-electron chi connectivity index (χ0n) is 16.3. The Labute approximate surface area is 155 Å². The lowest BCUT2D eigenvalue weighted by Crippen LogP contribution is -2.31. The van der Waals surface area contributed by atoms with Gasteiger partial charge >= 0.3 is 0 Å². The molecule has 2 rings (SSSR count). The van der Waals surface area contributed by atoms with E-state index >= 15 is 0 Å². The van der Waals surface area contributed by atoms with E-state index in [2.05, 4.69) is 11.4 Å². The molecule has 5 heteroatoms. The topological polar surface area (TPSA) is 56.8 Å². The largest absolute Gasteiger partial charge is 0.497 e. The number of nitrogens with one attached hydrogen (secondary N) is 1. The maximum Gasteiger partial charge on any atom is 0.258 e. The third-order valence-corrected chi connectivity index (χ3v) is 4.40. The molecule has 0 saturated carbocycles. The number of hydrogen-bond donors (Lipinski definition) is 1. The standard InChI is InChI=1S/C21H27NO4/c1-13-9-14(2)15(3)20(10-13)26-12-21(23)22-16(4)18-11-17(24-5)7-8-19(18)25-6/h7-11,16H,12H2,1-6H3,(H,22,23)/t16-/m1/s1. The first-order valence-electron chi connectivity index (χ1n) is 8.57. The summed E-state index contributed by atoms with van der Waals surface area (Å²) in [7, 11) is 3.21. The Balaban J connectivity index is 2.04. The second-order valence-corrected chi connectivity index (χ2v) is 6.39. The third kappa shape index (κ3) is 4.69. The quantitative estimate of drug-likeness (QED) is 0.817. The Hall–Kier alpha value is -2.69. The van der Waals surface area contributed by atoms with E-state index in [1.54, 1.807) is 14.2 Å². The predicted molar refractivity (Wildman–Crippen MR) is 102 cm³/mol. The highest BCUT2D eigenvalue weighted by molar-refractivity contribution is 5.78. The Bertz CT molecular complexity index is 786. The molecule has 2 aromatic rings. The summed E-state index contributed by atoms with van der Waals surface area (Å²) in [5, 5.41) is 2.94. The van der Waals surface area contributed by atoms with Crippen LogP contribution in [0.3, 0.4) is 0 Å². The monoisotopic (exact) mass is 357 g/mol. The number of rotatable bonds is 7. The zero-order valence-corrected chi connectivity index (χ0v) is 16.3. The highest BCUT2D eigenvalue weighted by atomic mass is 16.5. The minimum absolute atomic E-state index is 0.0413. The average molecular weight is 357 g/mol. The van der Waals surface area contributed by atoms with Crippen LogP contribution < -0.4 is 19.5 Å². The Morgan fingerprint density at radius 2 is 1.77 bits per heavy atom. The summed E-state index contributed by atoms with van der Waals surface area (Å²) in [6, 6.07) is 9.31. The van der Waals surface area contributed by atoms with Gasteiger partial charge < -0.3 is 19.5 Å². The summed E-state index contributed by atoms with van der Waals surface area (Å²) >= 11 is 0. The van der Waals surface area contributed by atoms with Crippen molar-refractivity contribution in [3.63, 3.8) is 0 Å². The molecule has 0 unspecified atom stereocenters. The van der Waals surface area contributed by atoms with E-state index in [0.29, 0.717) is 11.5 Å². The maximum absolute atomic E-state index is 12.3. The Kier molecular flexibility index (Phi) is 6.50. The van der Waals surface area contributed by atoms with Crippen molar-refractivity contribution in [2.24, 2.45) is 0 Å². The number of ether oxygens (including phenoxy) is 3. The number of carbonyl (C=O) groups is 1. The first kappa shape index (κ1) is 19.6. The molecule has 0 heterocycles. The molecule has 5 nitrogen and oxygen atoms in total. The molecule has 1 N–H and O–H groups in total. The average Bonchev–Trinajstić information content (AvgIpc) is 2.62. The smallest absolute Gasteiger partial charge is 0.258 e. The molecule has 0 fully saturated rings. The van der Waals surface area contributed by atoms with Crippen LogP contribution in [0.5, 0.6) is 17.2 Å². The Morgan fingerprint density at radius 1 is 1.04 bits per heavy atom. The molecular formula is C21H27NO4. The van der Waals surface area contributed by atoms with Gasteiger partial charge in [-0.05, 0) is 68.7 Å². The van der Waals surface area contributed by atoms with Gasteiger partial charge in [-0.2, -0.15) is 0 Å². The van der Waals surface area contributed by atoms with E-state index in [1.165, 1.54) is 0 Å². The molecule has 0 aliphatic heterocycles. The van der Waals surface area contributed by atoms with Gasteiger partial charge in [0.15, 0.2) is 6.61 Å². The van der Waals surface area contributed by atoms with E-state index in [0.717, 1.165) is 28.0 Å². The van der Waals surface area contributed by atoms with Crippen molar-refractivity contribution in [3.8, 4) is 17.2 Å². The van der Waals surface area contributed by atoms with Crippen molar-refractivity contribution in [3.05, 3.63) is 52.6 Å². The van der Waals surface area contributed by atoms with Crippen LogP contribution in [0.4, 0.5) is 0 Å². The summed E-state index contributed by atoms with van der Waals surface area (Å²) in [5.74, 6) is 1.96. The van der Waals surface area contributed by atoms with Crippen LogP contribution in [0, 0.1) is 20.8 Å². The lowest BCUT2D eigenvalue weighted by Gasteiger charge is -2.19. The van der Waals surface area contributed by atoms with Crippen molar-refractivity contribution >= 4 is 5.91 Å². The highest BCUT2D eigenvalue weighted by Crippen LogP contribution is 2.29. The second kappa shape index (κ2) is 8.61. The van der Waals surface area contributed by atoms with Crippen LogP contribution in [-0.2, 0) is 4.79 Å². The Morgan fingerprint density at radius 3 is 2.42 bits per heavy atom. The number of benzene rings is 2. The third-order valence-electron chi connectivity index (χ3n) is 4.40. The van der Waals surface area contributed by atoms with Crippen LogP contribution in [0.25, 0.3) is 0 Å². The van der Waals surface area contributed by atoms with E-state index in [9.17, 15) is 4.79 Å².